The van der Waals surface area contributed by atoms with Crippen molar-refractivity contribution < 1.29 is 14.6 Å². The van der Waals surface area contributed by atoms with Crippen molar-refractivity contribution in [2.45, 2.75) is 6.42 Å². The number of hydrogen-bond donors (Lipinski definition) is 1. The SMILES string of the molecule is O=C(O)Cc1ccccc1Oc1ccc(Cl)cc1Cl.[NaH]. The standard InChI is InChI=1S/C14H10Cl2O3.Na.H/c15-10-5-6-13(11(16)8-10)19-12-4-2-1-3-9(12)7-14(17)18;;/h1-6,8H,7H2,(H,17,18);;. The molecule has 0 aromatic heterocycles. The second-order valence-corrected chi connectivity index (χ2v) is 4.70. The van der Waals surface area contributed by atoms with Crippen LogP contribution in [0.3, 0.4) is 0 Å². The molecule has 0 aliphatic rings. The van der Waals surface area contributed by atoms with E-state index in [0.29, 0.717) is 27.1 Å². The van der Waals surface area contributed by atoms with Crippen LogP contribution >= 0.6 is 23.2 Å². The summed E-state index contributed by atoms with van der Waals surface area (Å²) in [6.45, 7) is 0. The van der Waals surface area contributed by atoms with E-state index in [1.54, 1.807) is 42.5 Å². The minimum absolute atomic E-state index is 0. The molecule has 2 aromatic rings. The van der Waals surface area contributed by atoms with Crippen molar-refractivity contribution in [1.82, 2.24) is 0 Å². The summed E-state index contributed by atoms with van der Waals surface area (Å²) in [4.78, 5) is 10.8. The molecule has 0 atom stereocenters. The van der Waals surface area contributed by atoms with E-state index < -0.39 is 5.97 Å². The fourth-order valence-corrected chi connectivity index (χ4v) is 2.04. The molecule has 0 spiro atoms. The summed E-state index contributed by atoms with van der Waals surface area (Å²) in [6.07, 6.45) is -0.110. The Morgan fingerprint density at radius 3 is 2.45 bits per heavy atom. The van der Waals surface area contributed by atoms with E-state index in [1.807, 2.05) is 0 Å². The first-order chi connectivity index (χ1) is 9.06. The zero-order valence-corrected chi connectivity index (χ0v) is 11.3. The van der Waals surface area contributed by atoms with Gasteiger partial charge < -0.3 is 9.84 Å². The fourth-order valence-electron chi connectivity index (χ4n) is 1.59. The van der Waals surface area contributed by atoms with E-state index in [1.165, 1.54) is 0 Å². The summed E-state index contributed by atoms with van der Waals surface area (Å²) >= 11 is 11.8. The molecule has 0 radical (unpaired) electrons. The quantitative estimate of drug-likeness (QED) is 0.872. The molecule has 20 heavy (non-hydrogen) atoms. The maximum atomic E-state index is 10.8. The van der Waals surface area contributed by atoms with Crippen LogP contribution in [-0.4, -0.2) is 40.6 Å². The number of halogens is 2. The Hall–Kier alpha value is -0.710. The monoisotopic (exact) mass is 320 g/mol. The third kappa shape index (κ3) is 4.69. The van der Waals surface area contributed by atoms with Crippen LogP contribution in [0.25, 0.3) is 0 Å². The van der Waals surface area contributed by atoms with Gasteiger partial charge in [-0.15, -0.1) is 0 Å². The second kappa shape index (κ2) is 7.91. The Bertz CT molecular complexity index is 617. The van der Waals surface area contributed by atoms with Gasteiger partial charge in [0.15, 0.2) is 0 Å². The van der Waals surface area contributed by atoms with Crippen molar-refractivity contribution in [2.24, 2.45) is 0 Å². The fraction of sp³-hybridized carbons (Fsp3) is 0.0714. The van der Waals surface area contributed by atoms with Crippen LogP contribution in [0.1, 0.15) is 5.56 Å². The average molecular weight is 321 g/mol. The Kier molecular flexibility index (Phi) is 6.86. The van der Waals surface area contributed by atoms with Crippen molar-refractivity contribution in [1.29, 1.82) is 0 Å². The number of carboxylic acids is 1. The van der Waals surface area contributed by atoms with Crippen LogP contribution in [0.2, 0.25) is 10.0 Å². The zero-order valence-electron chi connectivity index (χ0n) is 9.77. The molecule has 0 aliphatic heterocycles. The summed E-state index contributed by atoms with van der Waals surface area (Å²) in [5.41, 5.74) is 0.584. The molecule has 100 valence electrons. The van der Waals surface area contributed by atoms with Crippen molar-refractivity contribution in [3.63, 3.8) is 0 Å². The molecule has 0 bridgehead atoms. The van der Waals surface area contributed by atoms with Gasteiger partial charge in [-0.05, 0) is 24.3 Å². The number of carboxylic acid groups (broad SMARTS) is 1. The van der Waals surface area contributed by atoms with Crippen molar-refractivity contribution in [3.05, 3.63) is 58.1 Å². The summed E-state index contributed by atoms with van der Waals surface area (Å²) in [7, 11) is 0. The molecule has 0 fully saturated rings. The molecular formula is C14H11Cl2NaO3. The van der Waals surface area contributed by atoms with Gasteiger partial charge in [-0.2, -0.15) is 0 Å². The maximum absolute atomic E-state index is 10.8. The molecule has 2 rings (SSSR count). The normalized spacial score (nSPS) is 9.70. The van der Waals surface area contributed by atoms with Crippen molar-refractivity contribution >= 4 is 58.7 Å². The third-order valence-corrected chi connectivity index (χ3v) is 2.96. The topological polar surface area (TPSA) is 46.5 Å². The van der Waals surface area contributed by atoms with Crippen LogP contribution in [0.5, 0.6) is 11.5 Å². The molecule has 0 aliphatic carbocycles. The van der Waals surface area contributed by atoms with Gasteiger partial charge in [0.25, 0.3) is 0 Å². The Labute approximate surface area is 148 Å². The molecule has 1 N–H and O–H groups in total. The number of aliphatic carboxylic acids is 1. The first-order valence-electron chi connectivity index (χ1n) is 5.49. The van der Waals surface area contributed by atoms with Crippen molar-refractivity contribution in [2.75, 3.05) is 0 Å². The summed E-state index contributed by atoms with van der Waals surface area (Å²) in [6, 6.07) is 11.8. The Morgan fingerprint density at radius 1 is 1.10 bits per heavy atom. The van der Waals surface area contributed by atoms with E-state index in [2.05, 4.69) is 0 Å². The van der Waals surface area contributed by atoms with E-state index in [0.717, 1.165) is 0 Å². The Balaban J connectivity index is 0.00000200. The van der Waals surface area contributed by atoms with Crippen LogP contribution in [0.15, 0.2) is 42.5 Å². The van der Waals surface area contributed by atoms with Gasteiger partial charge in [-0.25, -0.2) is 0 Å². The molecule has 0 heterocycles. The molecule has 2 aromatic carbocycles. The molecule has 0 saturated heterocycles. The molecule has 6 heteroatoms. The van der Waals surface area contributed by atoms with E-state index in [9.17, 15) is 4.79 Å². The van der Waals surface area contributed by atoms with E-state index in [-0.39, 0.29) is 36.0 Å². The van der Waals surface area contributed by atoms with Crippen molar-refractivity contribution in [3.8, 4) is 11.5 Å². The van der Waals surface area contributed by atoms with Crippen LogP contribution in [0.4, 0.5) is 0 Å². The first-order valence-corrected chi connectivity index (χ1v) is 6.24. The number of para-hydroxylation sites is 1. The number of benzene rings is 2. The number of hydrogen-bond acceptors (Lipinski definition) is 2. The molecular weight excluding hydrogens is 310 g/mol. The van der Waals surface area contributed by atoms with Gasteiger partial charge in [-0.3, -0.25) is 4.79 Å². The van der Waals surface area contributed by atoms with Gasteiger partial charge in [0.05, 0.1) is 11.4 Å². The summed E-state index contributed by atoms with van der Waals surface area (Å²) in [5.74, 6) is -0.0173. The van der Waals surface area contributed by atoms with Gasteiger partial charge in [0, 0.05) is 10.6 Å². The number of carbonyl (C=O) groups is 1. The Morgan fingerprint density at radius 2 is 1.80 bits per heavy atom. The molecule has 0 amide bonds. The summed E-state index contributed by atoms with van der Waals surface area (Å²) < 4.78 is 5.64. The average Bonchev–Trinajstić information content (AvgIpc) is 2.34. The predicted octanol–water partition coefficient (Wildman–Crippen LogP) is 3.76. The second-order valence-electron chi connectivity index (χ2n) is 3.86. The van der Waals surface area contributed by atoms with E-state index in [4.69, 9.17) is 33.0 Å². The minimum atomic E-state index is -0.918. The van der Waals surface area contributed by atoms with Gasteiger partial charge in [-0.1, -0.05) is 41.4 Å². The summed E-state index contributed by atoms with van der Waals surface area (Å²) in [5, 5.41) is 9.73. The number of rotatable bonds is 4. The molecule has 0 saturated carbocycles. The van der Waals surface area contributed by atoms with Crippen LogP contribution in [0, 0.1) is 0 Å². The zero-order chi connectivity index (χ0) is 13.8. The van der Waals surface area contributed by atoms with Crippen LogP contribution < -0.4 is 4.74 Å². The third-order valence-electron chi connectivity index (χ3n) is 2.43. The number of ether oxygens (including phenoxy) is 1. The van der Waals surface area contributed by atoms with Crippen LogP contribution in [-0.2, 0) is 11.2 Å². The van der Waals surface area contributed by atoms with E-state index >= 15 is 0 Å². The first kappa shape index (κ1) is 17.3. The molecule has 3 nitrogen and oxygen atoms in total. The van der Waals surface area contributed by atoms with Gasteiger partial charge in [0.2, 0.25) is 0 Å². The predicted molar refractivity (Wildman–Crippen MR) is 81.5 cm³/mol. The van der Waals surface area contributed by atoms with Gasteiger partial charge >= 0.3 is 35.5 Å². The van der Waals surface area contributed by atoms with Gasteiger partial charge in [0.1, 0.15) is 11.5 Å². The molecule has 0 unspecified atom stereocenters.